The minimum atomic E-state index is 0.0410. The van der Waals surface area contributed by atoms with Crippen LogP contribution in [0.1, 0.15) is 64.6 Å². The number of rotatable bonds is 7. The fourth-order valence-electron chi connectivity index (χ4n) is 4.24. The van der Waals surface area contributed by atoms with Crippen LogP contribution in [0.25, 0.3) is 0 Å². The second-order valence-corrected chi connectivity index (χ2v) is 8.27. The molecule has 0 saturated carbocycles. The lowest BCUT2D eigenvalue weighted by Gasteiger charge is -2.37. The van der Waals surface area contributed by atoms with Crippen molar-refractivity contribution in [2.24, 2.45) is 0 Å². The van der Waals surface area contributed by atoms with Gasteiger partial charge in [-0.1, -0.05) is 13.3 Å². The number of piperidine rings is 1. The van der Waals surface area contributed by atoms with Gasteiger partial charge in [0.05, 0.1) is 19.1 Å². The third-order valence-electron chi connectivity index (χ3n) is 6.02. The first-order valence-electron chi connectivity index (χ1n) is 10.7. The van der Waals surface area contributed by atoms with Crippen LogP contribution in [0.15, 0.2) is 12.4 Å². The van der Waals surface area contributed by atoms with Crippen molar-refractivity contribution in [3.63, 3.8) is 0 Å². The summed E-state index contributed by atoms with van der Waals surface area (Å²) in [7, 11) is 0. The molecule has 0 aliphatic carbocycles. The maximum atomic E-state index is 12.8. The zero-order valence-electron chi connectivity index (χ0n) is 17.3. The van der Waals surface area contributed by atoms with Gasteiger partial charge in [-0.15, -0.1) is 0 Å². The van der Waals surface area contributed by atoms with Gasteiger partial charge in [0.1, 0.15) is 5.82 Å². The Balaban J connectivity index is 1.47. The van der Waals surface area contributed by atoms with Crippen molar-refractivity contribution in [1.82, 2.24) is 19.4 Å². The molecule has 2 aliphatic heterocycles. The lowest BCUT2D eigenvalue weighted by atomic mass is 9.95. The lowest BCUT2D eigenvalue weighted by molar-refractivity contribution is -0.137. The van der Waals surface area contributed by atoms with E-state index in [1.54, 1.807) is 0 Å². The van der Waals surface area contributed by atoms with Crippen molar-refractivity contribution >= 4 is 5.91 Å². The molecule has 0 spiro atoms. The SMILES string of the molecule is CCCCn1ccnc1C1CCN(C(=O)C[C@@H]2CN(C(C)C)CCO2)CC1. The minimum Gasteiger partial charge on any atom is -0.375 e. The van der Waals surface area contributed by atoms with Crippen LogP contribution in [0.3, 0.4) is 0 Å². The summed E-state index contributed by atoms with van der Waals surface area (Å²) in [5, 5.41) is 0. The maximum absolute atomic E-state index is 12.8. The number of aryl methyl sites for hydroxylation is 1. The number of unbranched alkanes of at least 4 members (excludes halogenated alkanes) is 1. The molecule has 2 aliphatic rings. The Kier molecular flexibility index (Phi) is 7.30. The molecule has 0 radical (unpaired) electrons. The van der Waals surface area contributed by atoms with Crippen LogP contribution in [0.4, 0.5) is 0 Å². The largest absolute Gasteiger partial charge is 0.375 e. The summed E-state index contributed by atoms with van der Waals surface area (Å²) in [5.41, 5.74) is 0. The fraction of sp³-hybridized carbons (Fsp3) is 0.810. The number of carbonyl (C=O) groups excluding carboxylic acids is 1. The minimum absolute atomic E-state index is 0.0410. The van der Waals surface area contributed by atoms with E-state index in [2.05, 4.69) is 41.4 Å². The van der Waals surface area contributed by atoms with Gasteiger partial charge in [-0.3, -0.25) is 9.69 Å². The van der Waals surface area contributed by atoms with Crippen LogP contribution in [-0.4, -0.2) is 70.2 Å². The normalized spacial score (nSPS) is 22.5. The Bertz CT molecular complexity index is 593. The van der Waals surface area contributed by atoms with E-state index in [0.717, 1.165) is 52.2 Å². The summed E-state index contributed by atoms with van der Waals surface area (Å²) in [6, 6.07) is 0.513. The monoisotopic (exact) mass is 376 g/mol. The number of carbonyl (C=O) groups is 1. The Labute approximate surface area is 163 Å². The molecular formula is C21H36N4O2. The summed E-state index contributed by atoms with van der Waals surface area (Å²) >= 11 is 0. The Hall–Kier alpha value is -1.40. The van der Waals surface area contributed by atoms with Gasteiger partial charge in [0.25, 0.3) is 0 Å². The van der Waals surface area contributed by atoms with E-state index in [1.165, 1.54) is 18.7 Å². The van der Waals surface area contributed by atoms with E-state index in [1.807, 2.05) is 11.1 Å². The van der Waals surface area contributed by atoms with Crippen molar-refractivity contribution in [1.29, 1.82) is 0 Å². The molecule has 1 atom stereocenters. The Morgan fingerprint density at radius 1 is 1.30 bits per heavy atom. The molecule has 0 unspecified atom stereocenters. The standard InChI is InChI=1S/C21H36N4O2/c1-4-5-9-24-12-8-22-21(24)18-6-10-23(11-7-18)20(26)15-19-16-25(17(2)3)13-14-27-19/h8,12,17-19H,4-7,9-11,13-16H2,1-3H3/t19-/m1/s1. The summed E-state index contributed by atoms with van der Waals surface area (Å²) in [6.07, 6.45) is 8.99. The van der Waals surface area contributed by atoms with Crippen molar-refractivity contribution in [3.05, 3.63) is 18.2 Å². The first-order chi connectivity index (χ1) is 13.1. The number of aromatic nitrogens is 2. The van der Waals surface area contributed by atoms with Crippen LogP contribution in [0.2, 0.25) is 0 Å². The van der Waals surface area contributed by atoms with Crippen molar-refractivity contribution in [3.8, 4) is 0 Å². The van der Waals surface area contributed by atoms with Gasteiger partial charge in [-0.2, -0.15) is 0 Å². The number of likely N-dealkylation sites (tertiary alicyclic amines) is 1. The van der Waals surface area contributed by atoms with E-state index < -0.39 is 0 Å². The summed E-state index contributed by atoms with van der Waals surface area (Å²) in [6.45, 7) is 11.9. The molecule has 0 bridgehead atoms. The summed E-state index contributed by atoms with van der Waals surface area (Å²) < 4.78 is 8.16. The van der Waals surface area contributed by atoms with Gasteiger partial charge in [0.2, 0.25) is 5.91 Å². The summed E-state index contributed by atoms with van der Waals surface area (Å²) in [5.74, 6) is 1.93. The molecule has 27 heavy (non-hydrogen) atoms. The molecule has 6 heteroatoms. The van der Waals surface area contributed by atoms with E-state index in [0.29, 0.717) is 18.4 Å². The van der Waals surface area contributed by atoms with E-state index in [-0.39, 0.29) is 12.0 Å². The third kappa shape index (κ3) is 5.32. The van der Waals surface area contributed by atoms with Gasteiger partial charge < -0.3 is 14.2 Å². The predicted octanol–water partition coefficient (Wildman–Crippen LogP) is 2.89. The Morgan fingerprint density at radius 3 is 2.78 bits per heavy atom. The molecule has 1 amide bonds. The average molecular weight is 377 g/mol. The quantitative estimate of drug-likeness (QED) is 0.734. The zero-order chi connectivity index (χ0) is 19.2. The van der Waals surface area contributed by atoms with Crippen LogP contribution in [0.5, 0.6) is 0 Å². The number of hydrogen-bond acceptors (Lipinski definition) is 4. The second-order valence-electron chi connectivity index (χ2n) is 8.27. The smallest absolute Gasteiger partial charge is 0.225 e. The Morgan fingerprint density at radius 2 is 2.07 bits per heavy atom. The first-order valence-corrected chi connectivity index (χ1v) is 10.7. The molecule has 6 nitrogen and oxygen atoms in total. The molecule has 3 rings (SSSR count). The van der Waals surface area contributed by atoms with Crippen molar-refractivity contribution in [2.45, 2.75) is 77.5 Å². The van der Waals surface area contributed by atoms with E-state index in [9.17, 15) is 4.79 Å². The molecule has 0 N–H and O–H groups in total. The molecule has 2 fully saturated rings. The number of morpholine rings is 1. The molecule has 1 aromatic heterocycles. The van der Waals surface area contributed by atoms with Crippen LogP contribution in [-0.2, 0) is 16.1 Å². The highest BCUT2D eigenvalue weighted by Gasteiger charge is 2.29. The van der Waals surface area contributed by atoms with Crippen LogP contribution >= 0.6 is 0 Å². The van der Waals surface area contributed by atoms with Gasteiger partial charge in [0.15, 0.2) is 0 Å². The number of imidazole rings is 1. The molecule has 2 saturated heterocycles. The number of hydrogen-bond donors (Lipinski definition) is 0. The third-order valence-corrected chi connectivity index (χ3v) is 6.02. The number of amides is 1. The van der Waals surface area contributed by atoms with Gasteiger partial charge in [0, 0.05) is 57.1 Å². The highest BCUT2D eigenvalue weighted by Crippen LogP contribution is 2.28. The van der Waals surface area contributed by atoms with Crippen molar-refractivity contribution < 1.29 is 9.53 Å². The van der Waals surface area contributed by atoms with Gasteiger partial charge >= 0.3 is 0 Å². The van der Waals surface area contributed by atoms with Gasteiger partial charge in [-0.05, 0) is 33.1 Å². The average Bonchev–Trinajstić information content (AvgIpc) is 3.15. The first kappa shape index (κ1) is 20.3. The molecule has 152 valence electrons. The highest BCUT2D eigenvalue weighted by atomic mass is 16.5. The second kappa shape index (κ2) is 9.69. The van der Waals surface area contributed by atoms with Crippen LogP contribution < -0.4 is 0 Å². The lowest BCUT2D eigenvalue weighted by Crippen LogP contribution is -2.48. The molecule has 3 heterocycles. The van der Waals surface area contributed by atoms with E-state index >= 15 is 0 Å². The van der Waals surface area contributed by atoms with Crippen LogP contribution in [0, 0.1) is 0 Å². The topological polar surface area (TPSA) is 50.6 Å². The number of ether oxygens (including phenoxy) is 1. The maximum Gasteiger partial charge on any atom is 0.225 e. The van der Waals surface area contributed by atoms with Gasteiger partial charge in [-0.25, -0.2) is 4.98 Å². The fourth-order valence-corrected chi connectivity index (χ4v) is 4.24. The molecular weight excluding hydrogens is 340 g/mol. The highest BCUT2D eigenvalue weighted by molar-refractivity contribution is 5.76. The molecule has 1 aromatic rings. The molecule has 0 aromatic carbocycles. The number of nitrogens with zero attached hydrogens (tertiary/aromatic N) is 4. The summed E-state index contributed by atoms with van der Waals surface area (Å²) in [4.78, 5) is 21.8. The van der Waals surface area contributed by atoms with Crippen molar-refractivity contribution in [2.75, 3.05) is 32.8 Å². The van der Waals surface area contributed by atoms with E-state index in [4.69, 9.17) is 4.74 Å². The zero-order valence-corrected chi connectivity index (χ0v) is 17.3. The predicted molar refractivity (Wildman–Crippen MR) is 107 cm³/mol.